The van der Waals surface area contributed by atoms with E-state index in [0.29, 0.717) is 38.0 Å². The maximum Gasteiger partial charge on any atom is 0.494 e. The number of ether oxygens (including phenoxy) is 1. The van der Waals surface area contributed by atoms with Crippen LogP contribution >= 0.6 is 0 Å². The van der Waals surface area contributed by atoms with Gasteiger partial charge >= 0.3 is 13.2 Å². The Morgan fingerprint density at radius 3 is 2.21 bits per heavy atom. The van der Waals surface area contributed by atoms with Crippen LogP contribution in [0.1, 0.15) is 106 Å². The van der Waals surface area contributed by atoms with Crippen molar-refractivity contribution in [2.24, 2.45) is 5.92 Å². The van der Waals surface area contributed by atoms with Gasteiger partial charge in [0.25, 0.3) is 0 Å². The lowest BCUT2D eigenvalue weighted by Crippen LogP contribution is -2.60. The Morgan fingerprint density at radius 1 is 0.977 bits per heavy atom. The minimum absolute atomic E-state index is 0.178. The van der Waals surface area contributed by atoms with Crippen molar-refractivity contribution in [2.45, 2.75) is 141 Å². The number of piperidine rings is 2. The minimum Gasteiger partial charge on any atom is -0.444 e. The first kappa shape index (κ1) is 30.9. The molecule has 4 fully saturated rings. The molecule has 2 atom stereocenters. The average molecular weight is 594 g/mol. The highest BCUT2D eigenvalue weighted by Crippen LogP contribution is 2.51. The van der Waals surface area contributed by atoms with Crippen LogP contribution in [-0.2, 0) is 24.3 Å². The number of nitrogens with zero attached hydrogens (tertiary/aromatic N) is 3. The van der Waals surface area contributed by atoms with Gasteiger partial charge in [0, 0.05) is 43.4 Å². The molecular formula is C34H52BN3O5. The molecule has 3 saturated heterocycles. The molecule has 4 heterocycles. The second kappa shape index (κ2) is 10.5. The molecule has 1 spiro atoms. The van der Waals surface area contributed by atoms with E-state index in [4.69, 9.17) is 14.0 Å². The van der Waals surface area contributed by atoms with Crippen LogP contribution in [-0.4, -0.2) is 83.5 Å². The second-order valence-electron chi connectivity index (χ2n) is 16.1. The van der Waals surface area contributed by atoms with Crippen molar-refractivity contribution in [1.82, 2.24) is 9.80 Å². The second-order valence-corrected chi connectivity index (χ2v) is 16.1. The Bertz CT molecular complexity index is 1240. The molecule has 236 valence electrons. The van der Waals surface area contributed by atoms with Crippen molar-refractivity contribution in [1.29, 1.82) is 0 Å². The van der Waals surface area contributed by atoms with Gasteiger partial charge in [-0.2, -0.15) is 0 Å². The lowest BCUT2D eigenvalue weighted by atomic mass is 9.71. The summed E-state index contributed by atoms with van der Waals surface area (Å²) in [5.74, 6) is 0.922. The lowest BCUT2D eigenvalue weighted by Gasteiger charge is -2.51. The molecule has 1 aliphatic carbocycles. The number of carbonyl (C=O) groups excluding carboxylic acids is 2. The minimum atomic E-state index is -0.625. The zero-order valence-corrected chi connectivity index (χ0v) is 27.9. The topological polar surface area (TPSA) is 71.6 Å². The molecule has 0 N–H and O–H groups in total. The highest BCUT2D eigenvalue weighted by molar-refractivity contribution is 6.62. The van der Waals surface area contributed by atoms with Crippen molar-refractivity contribution in [2.75, 3.05) is 24.5 Å². The van der Waals surface area contributed by atoms with Crippen LogP contribution in [0.25, 0.3) is 0 Å². The molecule has 0 unspecified atom stereocenters. The van der Waals surface area contributed by atoms with E-state index in [1.165, 1.54) is 12.8 Å². The van der Waals surface area contributed by atoms with Crippen LogP contribution in [0, 0.1) is 5.92 Å². The van der Waals surface area contributed by atoms with Gasteiger partial charge in [-0.15, -0.1) is 0 Å². The largest absolute Gasteiger partial charge is 0.494 e. The number of anilines is 1. The van der Waals surface area contributed by atoms with Gasteiger partial charge in [0.1, 0.15) is 5.60 Å². The third kappa shape index (κ3) is 5.31. The van der Waals surface area contributed by atoms with Crippen LogP contribution in [0.2, 0.25) is 0 Å². The molecule has 2 amide bonds. The maximum absolute atomic E-state index is 14.6. The van der Waals surface area contributed by atoms with Crippen molar-refractivity contribution in [3.05, 3.63) is 23.8 Å². The molecule has 5 aliphatic rings. The predicted molar refractivity (Wildman–Crippen MR) is 170 cm³/mol. The summed E-state index contributed by atoms with van der Waals surface area (Å²) < 4.78 is 18.5. The highest BCUT2D eigenvalue weighted by Gasteiger charge is 2.57. The molecule has 1 aromatic rings. The summed E-state index contributed by atoms with van der Waals surface area (Å²) in [6, 6.07) is 7.68. The first-order valence-electron chi connectivity index (χ1n) is 16.6. The van der Waals surface area contributed by atoms with E-state index < -0.39 is 29.3 Å². The summed E-state index contributed by atoms with van der Waals surface area (Å²) >= 11 is 0. The molecule has 6 rings (SSSR count). The fraction of sp³-hybridized carbons (Fsp3) is 0.765. The number of carbonyl (C=O) groups is 2. The van der Waals surface area contributed by atoms with Gasteiger partial charge in [0.15, 0.2) is 0 Å². The van der Waals surface area contributed by atoms with Gasteiger partial charge < -0.3 is 23.8 Å². The summed E-state index contributed by atoms with van der Waals surface area (Å²) in [4.78, 5) is 34.1. The number of rotatable bonds is 3. The van der Waals surface area contributed by atoms with E-state index in [0.717, 1.165) is 42.0 Å². The van der Waals surface area contributed by atoms with Gasteiger partial charge in [-0.1, -0.05) is 19.1 Å². The summed E-state index contributed by atoms with van der Waals surface area (Å²) in [7, 11) is -0.484. The summed E-state index contributed by atoms with van der Waals surface area (Å²) in [6.07, 6.45) is 5.46. The number of benzene rings is 1. The van der Waals surface area contributed by atoms with E-state index in [-0.39, 0.29) is 18.0 Å². The van der Waals surface area contributed by atoms with E-state index in [1.807, 2.05) is 20.8 Å². The first-order chi connectivity index (χ1) is 20.0. The fourth-order valence-electron chi connectivity index (χ4n) is 7.85. The number of hydrogen-bond donors (Lipinski definition) is 0. The number of likely N-dealkylation sites (tertiary alicyclic amines) is 2. The van der Waals surface area contributed by atoms with Crippen molar-refractivity contribution in [3.63, 3.8) is 0 Å². The number of hydrogen-bond acceptors (Lipinski definition) is 6. The van der Waals surface area contributed by atoms with E-state index in [2.05, 4.69) is 69.5 Å². The molecule has 0 bridgehead atoms. The summed E-state index contributed by atoms with van der Waals surface area (Å²) in [5.41, 5.74) is 0.994. The van der Waals surface area contributed by atoms with E-state index in [1.54, 1.807) is 4.90 Å². The quantitative estimate of drug-likeness (QED) is 0.446. The molecule has 8 nitrogen and oxygen atoms in total. The molecule has 4 aliphatic heterocycles. The van der Waals surface area contributed by atoms with Crippen LogP contribution in [0.15, 0.2) is 18.2 Å². The number of amides is 2. The standard InChI is InChI=1S/C34H52BN3O5/c1-22-10-11-23(2)37(21-22)25-19-26(20-25)38-28-18-24(35-42-32(6,7)33(8,9)43-35)12-13-27(28)34(29(38)39)14-16-36(17-15-34)30(40)41-31(3,4)5/h12-13,18,22-23,25-26H,10-11,14-17,19-21H2,1-9H3/t22-,23+,25-,26+/m1/s1. The molecule has 43 heavy (non-hydrogen) atoms. The van der Waals surface area contributed by atoms with Gasteiger partial charge in [-0.3, -0.25) is 9.69 Å². The van der Waals surface area contributed by atoms with Gasteiger partial charge in [0.05, 0.1) is 16.6 Å². The third-order valence-electron chi connectivity index (χ3n) is 11.3. The van der Waals surface area contributed by atoms with Crippen molar-refractivity contribution in [3.8, 4) is 0 Å². The predicted octanol–water partition coefficient (Wildman–Crippen LogP) is 5.25. The smallest absolute Gasteiger partial charge is 0.444 e. The average Bonchev–Trinajstić information content (AvgIpc) is 3.25. The summed E-state index contributed by atoms with van der Waals surface area (Å²) in [6.45, 7) is 20.8. The van der Waals surface area contributed by atoms with Crippen molar-refractivity contribution < 1.29 is 23.6 Å². The Morgan fingerprint density at radius 2 is 1.60 bits per heavy atom. The molecule has 0 aromatic heterocycles. The zero-order valence-electron chi connectivity index (χ0n) is 27.9. The Kier molecular flexibility index (Phi) is 7.54. The SMILES string of the molecule is C[C@@H]1CC[C@H](C)N([C@H]2C[C@@H](N3C(=O)C4(CCN(C(=O)OC(C)(C)C)CC4)c4ccc(B5OC(C)(C)C(C)(C)O5)cc43)C2)C1. The van der Waals surface area contributed by atoms with Crippen molar-refractivity contribution >= 4 is 30.3 Å². The molecule has 1 aromatic carbocycles. The normalized spacial score (nSPS) is 31.7. The maximum atomic E-state index is 14.6. The Hall–Kier alpha value is -2.10. The zero-order chi connectivity index (χ0) is 31.1. The van der Waals surface area contributed by atoms with E-state index >= 15 is 0 Å². The summed E-state index contributed by atoms with van der Waals surface area (Å²) in [5, 5.41) is 0. The Balaban J connectivity index is 1.28. The van der Waals surface area contributed by atoms with Gasteiger partial charge in [0.2, 0.25) is 5.91 Å². The van der Waals surface area contributed by atoms with E-state index in [9.17, 15) is 9.59 Å². The van der Waals surface area contributed by atoms with Crippen LogP contribution in [0.4, 0.5) is 10.5 Å². The van der Waals surface area contributed by atoms with Gasteiger partial charge in [-0.25, -0.2) is 4.79 Å². The Labute approximate surface area is 258 Å². The number of fused-ring (bicyclic) bond motifs is 2. The lowest BCUT2D eigenvalue weighted by molar-refractivity contribution is -0.126. The molecule has 0 radical (unpaired) electrons. The highest BCUT2D eigenvalue weighted by atomic mass is 16.7. The molecule has 9 heteroatoms. The monoisotopic (exact) mass is 593 g/mol. The van der Waals surface area contributed by atoms with Gasteiger partial charge in [-0.05, 0) is 117 Å². The molecule has 1 saturated carbocycles. The first-order valence-corrected chi connectivity index (χ1v) is 16.6. The van der Waals surface area contributed by atoms with Crippen LogP contribution < -0.4 is 10.4 Å². The third-order valence-corrected chi connectivity index (χ3v) is 11.3. The fourth-order valence-corrected chi connectivity index (χ4v) is 7.85. The molecular weight excluding hydrogens is 541 g/mol. The van der Waals surface area contributed by atoms with Crippen LogP contribution in [0.5, 0.6) is 0 Å². The van der Waals surface area contributed by atoms with Crippen LogP contribution in [0.3, 0.4) is 0 Å².